The van der Waals surface area contributed by atoms with E-state index in [1.54, 1.807) is 0 Å². The summed E-state index contributed by atoms with van der Waals surface area (Å²) in [7, 11) is 0. The normalized spacial score (nSPS) is 9.50. The van der Waals surface area contributed by atoms with Gasteiger partial charge in [-0.1, -0.05) is 0 Å². The molecule has 0 aromatic rings. The van der Waals surface area contributed by atoms with E-state index in [9.17, 15) is 0 Å². The van der Waals surface area contributed by atoms with Gasteiger partial charge < -0.3 is 15.6 Å². The van der Waals surface area contributed by atoms with Gasteiger partial charge in [0.1, 0.15) is 0 Å². The molecule has 0 atom stereocenters. The first-order chi connectivity index (χ1) is 4.24. The summed E-state index contributed by atoms with van der Waals surface area (Å²) < 4.78 is 16.5. The van der Waals surface area contributed by atoms with Crippen molar-refractivity contribution in [2.45, 2.75) is 0 Å². The first-order valence-electron chi connectivity index (χ1n) is 1.93. The molecule has 0 unspecified atom stereocenters. The summed E-state index contributed by atoms with van der Waals surface area (Å²) >= 11 is 0. The van der Waals surface area contributed by atoms with Gasteiger partial charge in [-0.25, -0.2) is 17.7 Å². The van der Waals surface area contributed by atoms with Crippen molar-refractivity contribution in [1.29, 1.82) is 0 Å². The Morgan fingerprint density at radius 3 is 1.00 bits per heavy atom. The van der Waals surface area contributed by atoms with Crippen LogP contribution < -0.4 is 17.7 Å². The molecule has 0 aliphatic heterocycles. The second-order valence-corrected chi connectivity index (χ2v) is 0. The van der Waals surface area contributed by atoms with Crippen molar-refractivity contribution in [3.8, 4) is 0 Å². The summed E-state index contributed by atoms with van der Waals surface area (Å²) in [5.74, 6) is 12.0. The molecule has 0 saturated heterocycles. The molecule has 0 amide bonds. The van der Waals surface area contributed by atoms with E-state index in [4.69, 9.17) is 4.29 Å². The van der Waals surface area contributed by atoms with Gasteiger partial charge in [0, 0.05) is 0 Å². The highest BCUT2D eigenvalue weighted by Gasteiger charge is 0.736. The summed E-state index contributed by atoms with van der Waals surface area (Å²) in [4.78, 5) is 0. The van der Waals surface area contributed by atoms with Crippen molar-refractivity contribution >= 4 is 0 Å². The third-order valence-electron chi connectivity index (χ3n) is 0. The predicted octanol–water partition coefficient (Wildman–Crippen LogP) is -2.00. The Labute approximate surface area is 39.1 Å². The van der Waals surface area contributed by atoms with Crippen LogP contribution >= 0.6 is 0 Å². The van der Waals surface area contributed by atoms with Gasteiger partial charge in [0.15, 0.2) is 0 Å². The monoisotopic (exact) mass is 102 g/mol. The summed E-state index contributed by atoms with van der Waals surface area (Å²) in [5, 5.41) is 9.00. The molecule has 0 aromatic heterocycles. The Hall–Kier alpha value is -0.240. The van der Waals surface area contributed by atoms with Gasteiger partial charge in [-0.2, -0.15) is 0 Å². The van der Waals surface area contributed by atoms with Crippen LogP contribution in [-0.2, 0) is 0 Å². The Morgan fingerprint density at radius 2 is 1.00 bits per heavy atom. The van der Waals surface area contributed by atoms with Crippen LogP contribution in [0.3, 0.4) is 0 Å². The quantitative estimate of drug-likeness (QED) is 0.196. The second kappa shape index (κ2) is 1170. The number of hydrogen-bond acceptors (Lipinski definition) is 6. The maximum absolute atomic E-state index is 5.49. The van der Waals surface area contributed by atoms with Crippen LogP contribution in [0.4, 0.5) is 0 Å². The van der Waals surface area contributed by atoms with Crippen molar-refractivity contribution in [1.82, 2.24) is 0 Å². The maximum atomic E-state index is 5.49. The lowest BCUT2D eigenvalue weighted by Gasteiger charge is -1.27. The zero-order chi connectivity index (χ0) is 8.12. The van der Waals surface area contributed by atoms with E-state index in [1.807, 2.05) is 0 Å². The number of hydrogen-bond donors (Lipinski definition) is 6. The summed E-state index contributed by atoms with van der Waals surface area (Å²) in [5.41, 5.74) is 0. The van der Waals surface area contributed by atoms with Gasteiger partial charge in [0.25, 0.3) is 0 Å². The van der Waals surface area contributed by atoms with Crippen LogP contribution in [0.15, 0.2) is 0 Å². The first-order valence-corrected chi connectivity index (χ1v) is 0.707. The summed E-state index contributed by atoms with van der Waals surface area (Å²) in [6.07, 6.45) is 0. The summed E-state index contributed by atoms with van der Waals surface area (Å²) in [6, 6.07) is 0. The van der Waals surface area contributed by atoms with Crippen molar-refractivity contribution < 1.29 is 19.9 Å². The molecule has 0 rings (SSSR count). The smallest absolute Gasteiger partial charge is 0.237 e. The van der Waals surface area contributed by atoms with Gasteiger partial charge in [-0.15, -0.1) is 0 Å². The van der Waals surface area contributed by atoms with Crippen LogP contribution in [0, 0.1) is 0 Å². The largest absolute Gasteiger partial charge is 0.320 e. The van der Waals surface area contributed by atoms with Gasteiger partial charge in [0.2, 0.25) is 4.29 Å². The molecule has 0 fully saturated rings. The maximum Gasteiger partial charge on any atom is 0.237 e. The van der Waals surface area contributed by atoms with E-state index in [0.29, 0.717) is 0 Å². The average molecular weight is 102 g/mol. The van der Waals surface area contributed by atoms with Crippen molar-refractivity contribution in [3.05, 3.63) is 0 Å². The first kappa shape index (κ1) is 3.93. The molecule has 0 radical (unpaired) electrons. The minimum absolute atomic E-state index is 3.00. The third kappa shape index (κ3) is 497. The molecule has 42 valence electrons. The lowest BCUT2D eigenvalue weighted by atomic mass is 13.6. The van der Waals surface area contributed by atoms with Crippen LogP contribution in [0.5, 0.6) is 0 Å². The van der Waals surface area contributed by atoms with E-state index in [0.717, 1.165) is 0 Å². The van der Waals surface area contributed by atoms with Gasteiger partial charge in [0.05, 0.1) is 0 Å². The molecule has 0 aromatic carbocycles. The minimum atomic E-state index is 3.00. The van der Waals surface area contributed by atoms with Crippen LogP contribution in [0.2, 0.25) is 4.29 Å². The molecule has 0 saturated carbocycles. The fraction of sp³-hybridized carbons (Fsp3) is 0. The molecule has 6 heavy (non-hydrogen) atoms. The zero-order valence-electron chi connectivity index (χ0n) is 5.96. The zero-order valence-corrected chi connectivity index (χ0v) is 2.96. The fourth-order valence-electron chi connectivity index (χ4n) is 0. The molecule has 6 nitrogen and oxygen atoms in total. The third-order valence-corrected chi connectivity index (χ3v) is 0. The SMILES string of the molecule is [2H]ON.[2H]ON.[2H]ON. The lowest BCUT2D eigenvalue weighted by Crippen LogP contribution is -1.72. The number of nitrogens with two attached hydrogens (primary N) is 3. The average Bonchev–Trinajstić information content (AvgIpc) is 1.70. The van der Waals surface area contributed by atoms with Crippen LogP contribution in [-0.4, -0.2) is 15.6 Å². The molecule has 0 aliphatic rings. The molecule has 0 aliphatic carbocycles. The van der Waals surface area contributed by atoms with Gasteiger partial charge >= 0.3 is 0 Å². The minimum Gasteiger partial charge on any atom is -0.320 e. The molecular formula is H9N3O3. The Morgan fingerprint density at radius 1 is 1.00 bits per heavy atom. The Kier molecular flexibility index (Phi) is 766. The highest BCUT2D eigenvalue weighted by atomic mass is 16.4. The predicted molar refractivity (Wildman–Crippen MR) is 17.9 cm³/mol. The van der Waals surface area contributed by atoms with Crippen LogP contribution in [0.1, 0.15) is 0 Å². The standard InChI is InChI=1S/3H3NO/c3*1-2/h3*2H,1H2/i3*2D. The Balaban J connectivity index is -0.0000000600. The van der Waals surface area contributed by atoms with Crippen LogP contribution in [0.25, 0.3) is 0 Å². The van der Waals surface area contributed by atoms with E-state index in [2.05, 4.69) is 33.3 Å². The second-order valence-electron chi connectivity index (χ2n) is 0. The fourth-order valence-corrected chi connectivity index (χ4v) is 0. The lowest BCUT2D eigenvalue weighted by molar-refractivity contribution is 0.311. The molecule has 0 bridgehead atoms. The molecule has 0 heterocycles. The molecule has 0 spiro atoms. The number of rotatable bonds is 0. The topological polar surface area (TPSA) is 139 Å². The van der Waals surface area contributed by atoms with Gasteiger partial charge in [-0.3, -0.25) is 0 Å². The molecule has 6 heteroatoms. The van der Waals surface area contributed by atoms with Crippen molar-refractivity contribution in [2.75, 3.05) is 0 Å². The van der Waals surface area contributed by atoms with E-state index < -0.39 is 0 Å². The molecule has 9 N–H and O–H groups in total. The molecular weight excluding hydrogens is 90.0 g/mol. The summed E-state index contributed by atoms with van der Waals surface area (Å²) in [6.45, 7) is 0. The van der Waals surface area contributed by atoms with Gasteiger partial charge in [-0.05, 0) is 0 Å². The van der Waals surface area contributed by atoms with Crippen molar-refractivity contribution in [2.24, 2.45) is 17.7 Å². The van der Waals surface area contributed by atoms with Crippen molar-refractivity contribution in [3.63, 3.8) is 0 Å². The van der Waals surface area contributed by atoms with E-state index in [1.165, 1.54) is 0 Å². The highest BCUT2D eigenvalue weighted by Crippen LogP contribution is 0.414. The Bertz CT molecular complexity index is 19.0. The van der Waals surface area contributed by atoms with E-state index >= 15 is 0 Å². The van der Waals surface area contributed by atoms with E-state index in [-0.39, 0.29) is 0 Å². The highest BCUT2D eigenvalue weighted by molar-refractivity contribution is 2.78.